The molecule has 0 aliphatic rings. The summed E-state index contributed by atoms with van der Waals surface area (Å²) in [7, 11) is 0. The molecule has 0 N–H and O–H groups in total. The Morgan fingerprint density at radius 1 is 1.19 bits per heavy atom. The van der Waals surface area contributed by atoms with Crippen molar-refractivity contribution in [3.05, 3.63) is 41.6 Å². The molecule has 0 amide bonds. The van der Waals surface area contributed by atoms with Crippen molar-refractivity contribution >= 4 is 0 Å². The number of hydrogen-bond donors (Lipinski definition) is 0. The molecule has 2 nitrogen and oxygen atoms in total. The Hall–Kier alpha value is -1.57. The van der Waals surface area contributed by atoms with E-state index in [0.717, 1.165) is 23.4 Å². The molecular formula is C14H17NO. The third-order valence-electron chi connectivity index (χ3n) is 2.68. The molecule has 1 heterocycles. The van der Waals surface area contributed by atoms with Gasteiger partial charge < -0.3 is 4.52 Å². The second-order valence-electron chi connectivity index (χ2n) is 4.15. The lowest BCUT2D eigenvalue weighted by Crippen LogP contribution is -1.82. The smallest absolute Gasteiger partial charge is 0.167 e. The topological polar surface area (TPSA) is 26.0 Å². The fourth-order valence-corrected chi connectivity index (χ4v) is 1.64. The van der Waals surface area contributed by atoms with Gasteiger partial charge in [-0.15, -0.1) is 0 Å². The lowest BCUT2D eigenvalue weighted by atomic mass is 10.1. The standard InChI is InChI=1S/C14H17NO/c1-3-4-5-13-10-14(16-15-13)12-8-6-11(2)7-9-12/h6-10H,3-5H2,1-2H3. The summed E-state index contributed by atoms with van der Waals surface area (Å²) in [6.07, 6.45) is 3.36. The van der Waals surface area contributed by atoms with Crippen LogP contribution in [0.4, 0.5) is 0 Å². The minimum absolute atomic E-state index is 0.867. The predicted octanol–water partition coefficient (Wildman–Crippen LogP) is 3.99. The molecule has 84 valence electrons. The zero-order valence-electron chi connectivity index (χ0n) is 9.86. The number of benzene rings is 1. The Kier molecular flexibility index (Phi) is 3.40. The molecule has 2 aromatic rings. The minimum atomic E-state index is 0.867. The average Bonchev–Trinajstić information content (AvgIpc) is 2.76. The predicted molar refractivity (Wildman–Crippen MR) is 65.3 cm³/mol. The van der Waals surface area contributed by atoms with Crippen molar-refractivity contribution in [2.45, 2.75) is 33.1 Å². The second kappa shape index (κ2) is 4.97. The van der Waals surface area contributed by atoms with E-state index in [0.29, 0.717) is 0 Å². The molecule has 0 bridgehead atoms. The molecule has 0 unspecified atom stereocenters. The Bertz CT molecular complexity index is 442. The van der Waals surface area contributed by atoms with E-state index < -0.39 is 0 Å². The third kappa shape index (κ3) is 2.51. The van der Waals surface area contributed by atoms with Crippen molar-refractivity contribution in [2.24, 2.45) is 0 Å². The van der Waals surface area contributed by atoms with Gasteiger partial charge in [0.05, 0.1) is 5.69 Å². The molecule has 2 heteroatoms. The van der Waals surface area contributed by atoms with Crippen LogP contribution in [0.3, 0.4) is 0 Å². The van der Waals surface area contributed by atoms with Crippen LogP contribution in [-0.2, 0) is 6.42 Å². The van der Waals surface area contributed by atoms with Crippen molar-refractivity contribution < 1.29 is 4.52 Å². The Morgan fingerprint density at radius 3 is 2.62 bits per heavy atom. The Balaban J connectivity index is 2.15. The summed E-state index contributed by atoms with van der Waals surface area (Å²) in [5.41, 5.74) is 3.41. The van der Waals surface area contributed by atoms with Crippen molar-refractivity contribution in [1.29, 1.82) is 0 Å². The van der Waals surface area contributed by atoms with Crippen LogP contribution >= 0.6 is 0 Å². The van der Waals surface area contributed by atoms with E-state index in [1.807, 2.05) is 6.07 Å². The molecule has 1 aromatic carbocycles. The van der Waals surface area contributed by atoms with Crippen molar-refractivity contribution in [1.82, 2.24) is 5.16 Å². The van der Waals surface area contributed by atoms with Gasteiger partial charge in [-0.25, -0.2) is 0 Å². The van der Waals surface area contributed by atoms with Gasteiger partial charge in [-0.05, 0) is 19.8 Å². The van der Waals surface area contributed by atoms with Gasteiger partial charge in [-0.3, -0.25) is 0 Å². The summed E-state index contributed by atoms with van der Waals surface area (Å²) in [5, 5.41) is 4.08. The van der Waals surface area contributed by atoms with Crippen LogP contribution in [-0.4, -0.2) is 5.16 Å². The van der Waals surface area contributed by atoms with Crippen LogP contribution in [0.15, 0.2) is 34.9 Å². The van der Waals surface area contributed by atoms with Gasteiger partial charge in [0.1, 0.15) is 0 Å². The third-order valence-corrected chi connectivity index (χ3v) is 2.68. The van der Waals surface area contributed by atoms with Crippen LogP contribution in [0, 0.1) is 6.92 Å². The quantitative estimate of drug-likeness (QED) is 0.770. The van der Waals surface area contributed by atoms with Gasteiger partial charge in [0.2, 0.25) is 0 Å². The molecule has 16 heavy (non-hydrogen) atoms. The molecule has 0 radical (unpaired) electrons. The average molecular weight is 215 g/mol. The first kappa shape index (κ1) is 10.9. The normalized spacial score (nSPS) is 10.6. The number of hydrogen-bond acceptors (Lipinski definition) is 2. The maximum Gasteiger partial charge on any atom is 0.167 e. The number of rotatable bonds is 4. The van der Waals surface area contributed by atoms with Gasteiger partial charge in [0, 0.05) is 11.6 Å². The lowest BCUT2D eigenvalue weighted by Gasteiger charge is -1.95. The molecular weight excluding hydrogens is 198 g/mol. The zero-order chi connectivity index (χ0) is 11.4. The van der Waals surface area contributed by atoms with Crippen molar-refractivity contribution in [3.63, 3.8) is 0 Å². The highest BCUT2D eigenvalue weighted by Gasteiger charge is 2.05. The van der Waals surface area contributed by atoms with E-state index in [4.69, 9.17) is 4.52 Å². The van der Waals surface area contributed by atoms with Gasteiger partial charge >= 0.3 is 0 Å². The van der Waals surface area contributed by atoms with Crippen LogP contribution < -0.4 is 0 Å². The van der Waals surface area contributed by atoms with Gasteiger partial charge in [-0.1, -0.05) is 48.3 Å². The van der Waals surface area contributed by atoms with Crippen molar-refractivity contribution in [3.8, 4) is 11.3 Å². The highest BCUT2D eigenvalue weighted by atomic mass is 16.5. The van der Waals surface area contributed by atoms with Crippen LogP contribution in [0.2, 0.25) is 0 Å². The summed E-state index contributed by atoms with van der Waals surface area (Å²) >= 11 is 0. The summed E-state index contributed by atoms with van der Waals surface area (Å²) in [5.74, 6) is 0.867. The number of nitrogens with zero attached hydrogens (tertiary/aromatic N) is 1. The molecule has 2 rings (SSSR count). The Morgan fingerprint density at radius 2 is 1.94 bits per heavy atom. The van der Waals surface area contributed by atoms with E-state index in [9.17, 15) is 0 Å². The fraction of sp³-hybridized carbons (Fsp3) is 0.357. The van der Waals surface area contributed by atoms with E-state index >= 15 is 0 Å². The summed E-state index contributed by atoms with van der Waals surface area (Å²) in [6.45, 7) is 4.26. The SMILES string of the molecule is CCCCc1cc(-c2ccc(C)cc2)on1. The second-order valence-corrected chi connectivity index (χ2v) is 4.15. The van der Waals surface area contributed by atoms with Crippen LogP contribution in [0.5, 0.6) is 0 Å². The molecule has 0 fully saturated rings. The van der Waals surface area contributed by atoms with Gasteiger partial charge in [0.15, 0.2) is 5.76 Å². The summed E-state index contributed by atoms with van der Waals surface area (Å²) < 4.78 is 5.34. The zero-order valence-corrected chi connectivity index (χ0v) is 9.86. The molecule has 0 spiro atoms. The van der Waals surface area contributed by atoms with Crippen LogP contribution in [0.25, 0.3) is 11.3 Å². The number of aromatic nitrogens is 1. The van der Waals surface area contributed by atoms with Crippen molar-refractivity contribution in [2.75, 3.05) is 0 Å². The van der Waals surface area contributed by atoms with E-state index in [1.165, 1.54) is 18.4 Å². The first-order valence-electron chi connectivity index (χ1n) is 5.82. The van der Waals surface area contributed by atoms with E-state index in [1.54, 1.807) is 0 Å². The van der Waals surface area contributed by atoms with Gasteiger partial charge in [0.25, 0.3) is 0 Å². The highest BCUT2D eigenvalue weighted by molar-refractivity contribution is 5.57. The van der Waals surface area contributed by atoms with Gasteiger partial charge in [-0.2, -0.15) is 0 Å². The molecule has 0 aliphatic heterocycles. The van der Waals surface area contributed by atoms with E-state index in [-0.39, 0.29) is 0 Å². The maximum atomic E-state index is 5.34. The molecule has 0 saturated carbocycles. The lowest BCUT2D eigenvalue weighted by molar-refractivity contribution is 0.422. The first-order valence-corrected chi connectivity index (χ1v) is 5.82. The van der Waals surface area contributed by atoms with E-state index in [2.05, 4.69) is 43.3 Å². The largest absolute Gasteiger partial charge is 0.356 e. The first-order chi connectivity index (χ1) is 7.79. The molecule has 0 atom stereocenters. The number of aryl methyl sites for hydroxylation is 2. The fourth-order valence-electron chi connectivity index (χ4n) is 1.64. The van der Waals surface area contributed by atoms with Crippen LogP contribution in [0.1, 0.15) is 31.0 Å². The molecule has 0 aliphatic carbocycles. The number of unbranched alkanes of at least 4 members (excludes halogenated alkanes) is 1. The monoisotopic (exact) mass is 215 g/mol. The maximum absolute atomic E-state index is 5.34. The molecule has 1 aromatic heterocycles. The highest BCUT2D eigenvalue weighted by Crippen LogP contribution is 2.21. The minimum Gasteiger partial charge on any atom is -0.356 e. The summed E-state index contributed by atoms with van der Waals surface area (Å²) in [6, 6.07) is 10.4. The summed E-state index contributed by atoms with van der Waals surface area (Å²) in [4.78, 5) is 0. The Labute approximate surface area is 96.3 Å². The molecule has 0 saturated heterocycles.